The van der Waals surface area contributed by atoms with Crippen LogP contribution in [0.5, 0.6) is 0 Å². The topological polar surface area (TPSA) is 114 Å². The lowest BCUT2D eigenvalue weighted by Gasteiger charge is -2.17. The van der Waals surface area contributed by atoms with Gasteiger partial charge in [-0.3, -0.25) is 9.63 Å². The highest BCUT2D eigenvalue weighted by atomic mass is 16.8. The monoisotopic (exact) mass is 275 g/mol. The van der Waals surface area contributed by atoms with Gasteiger partial charge >= 0.3 is 11.9 Å². The number of hydrazine groups is 1. The third kappa shape index (κ3) is 4.27. The molecular formula is C10H17N3O6. The molecule has 1 aliphatic rings. The molecule has 9 heteroatoms. The van der Waals surface area contributed by atoms with Crippen molar-refractivity contribution in [2.24, 2.45) is 5.28 Å². The Kier molecular flexibility index (Phi) is 5.34. The van der Waals surface area contributed by atoms with Crippen LogP contribution < -0.4 is 0 Å². The van der Waals surface area contributed by atoms with Crippen LogP contribution in [-0.4, -0.2) is 45.9 Å². The van der Waals surface area contributed by atoms with Crippen LogP contribution in [-0.2, 0) is 19.2 Å². The highest BCUT2D eigenvalue weighted by Gasteiger charge is 2.36. The number of aliphatic carboxylic acids is 1. The second kappa shape index (κ2) is 6.76. The summed E-state index contributed by atoms with van der Waals surface area (Å²) in [7, 11) is 0. The SMILES string of the molecule is CCC(=O)OC(C)O/N=[N+](\[O-])N1CCC[C@H]1C(=O)O. The molecule has 19 heavy (non-hydrogen) atoms. The zero-order valence-corrected chi connectivity index (χ0v) is 10.8. The van der Waals surface area contributed by atoms with E-state index in [1.54, 1.807) is 6.92 Å². The molecule has 1 aliphatic heterocycles. The smallest absolute Gasteiger partial charge is 0.332 e. The van der Waals surface area contributed by atoms with Gasteiger partial charge in [0.2, 0.25) is 5.28 Å². The fraction of sp³-hybridized carbons (Fsp3) is 0.800. The summed E-state index contributed by atoms with van der Waals surface area (Å²) in [5.41, 5.74) is 0. The van der Waals surface area contributed by atoms with Crippen molar-refractivity contribution in [2.75, 3.05) is 6.54 Å². The zero-order chi connectivity index (χ0) is 14.4. The quantitative estimate of drug-likeness (QED) is 0.249. The van der Waals surface area contributed by atoms with Crippen molar-refractivity contribution in [3.63, 3.8) is 0 Å². The van der Waals surface area contributed by atoms with Crippen LogP contribution in [0.25, 0.3) is 0 Å². The molecule has 9 nitrogen and oxygen atoms in total. The number of hydrogen-bond acceptors (Lipinski definition) is 6. The van der Waals surface area contributed by atoms with E-state index in [1.165, 1.54) is 6.92 Å². The predicted octanol–water partition coefficient (Wildman–Crippen LogP) is 0.644. The van der Waals surface area contributed by atoms with Gasteiger partial charge in [-0.15, -0.1) is 5.01 Å². The predicted molar refractivity (Wildman–Crippen MR) is 60.3 cm³/mol. The first-order valence-corrected chi connectivity index (χ1v) is 5.98. The van der Waals surface area contributed by atoms with E-state index >= 15 is 0 Å². The molecule has 1 saturated heterocycles. The van der Waals surface area contributed by atoms with Crippen molar-refractivity contribution in [1.82, 2.24) is 5.01 Å². The Bertz CT molecular complexity index is 372. The molecular weight excluding hydrogens is 258 g/mol. The fourth-order valence-corrected chi connectivity index (χ4v) is 1.65. The first-order valence-electron chi connectivity index (χ1n) is 5.98. The summed E-state index contributed by atoms with van der Waals surface area (Å²) in [5, 5.41) is 24.7. The molecule has 2 atom stereocenters. The summed E-state index contributed by atoms with van der Waals surface area (Å²) in [6.07, 6.45) is 0.146. The molecule has 1 unspecified atom stereocenters. The van der Waals surface area contributed by atoms with E-state index in [-0.39, 0.29) is 17.9 Å². The second-order valence-electron chi connectivity index (χ2n) is 4.01. The van der Waals surface area contributed by atoms with E-state index in [0.29, 0.717) is 12.8 Å². The first kappa shape index (κ1) is 15.0. The summed E-state index contributed by atoms with van der Waals surface area (Å²) in [6.45, 7) is 3.31. The Morgan fingerprint density at radius 1 is 1.63 bits per heavy atom. The molecule has 1 fully saturated rings. The lowest BCUT2D eigenvalue weighted by atomic mass is 10.2. The lowest BCUT2D eigenvalue weighted by molar-refractivity contribution is -0.714. The van der Waals surface area contributed by atoms with Gasteiger partial charge in [0.15, 0.2) is 6.04 Å². The van der Waals surface area contributed by atoms with Crippen LogP contribution in [0.1, 0.15) is 33.1 Å². The Morgan fingerprint density at radius 3 is 2.89 bits per heavy atom. The van der Waals surface area contributed by atoms with Gasteiger partial charge in [0.1, 0.15) is 0 Å². The zero-order valence-electron chi connectivity index (χ0n) is 10.8. The molecule has 1 rings (SSSR count). The fourth-order valence-electron chi connectivity index (χ4n) is 1.65. The Morgan fingerprint density at radius 2 is 2.32 bits per heavy atom. The normalized spacial score (nSPS) is 21.1. The lowest BCUT2D eigenvalue weighted by Crippen LogP contribution is -2.40. The molecule has 0 aliphatic carbocycles. The molecule has 108 valence electrons. The van der Waals surface area contributed by atoms with E-state index in [2.05, 4.69) is 10.1 Å². The third-order valence-electron chi connectivity index (χ3n) is 2.58. The van der Waals surface area contributed by atoms with E-state index in [0.717, 1.165) is 5.01 Å². The number of hydrogen-bond donors (Lipinski definition) is 1. The number of carboxylic acids is 1. The Balaban J connectivity index is 2.52. The number of esters is 1. The van der Waals surface area contributed by atoms with Crippen LogP contribution in [0.15, 0.2) is 5.28 Å². The van der Waals surface area contributed by atoms with Crippen molar-refractivity contribution in [1.29, 1.82) is 0 Å². The number of nitrogens with zero attached hydrogens (tertiary/aromatic N) is 3. The van der Waals surface area contributed by atoms with Gasteiger partial charge in [0.05, 0.1) is 11.5 Å². The molecule has 0 aromatic rings. The van der Waals surface area contributed by atoms with Crippen molar-refractivity contribution in [2.45, 2.75) is 45.4 Å². The van der Waals surface area contributed by atoms with Gasteiger partial charge < -0.3 is 15.1 Å². The van der Waals surface area contributed by atoms with Crippen LogP contribution in [0.2, 0.25) is 0 Å². The number of carbonyl (C=O) groups excluding carboxylic acids is 1. The van der Waals surface area contributed by atoms with Crippen molar-refractivity contribution < 1.29 is 29.2 Å². The average molecular weight is 275 g/mol. The van der Waals surface area contributed by atoms with Crippen molar-refractivity contribution in [3.8, 4) is 0 Å². The Labute approximate surface area is 109 Å². The van der Waals surface area contributed by atoms with E-state index < -0.39 is 24.3 Å². The molecule has 0 bridgehead atoms. The summed E-state index contributed by atoms with van der Waals surface area (Å²) in [4.78, 5) is 26.6. The highest BCUT2D eigenvalue weighted by molar-refractivity contribution is 5.73. The molecule has 0 spiro atoms. The minimum atomic E-state index is -1.08. The third-order valence-corrected chi connectivity index (χ3v) is 2.58. The van der Waals surface area contributed by atoms with Gasteiger partial charge in [-0.1, -0.05) is 6.92 Å². The molecule has 0 aromatic heterocycles. The molecule has 1 heterocycles. The van der Waals surface area contributed by atoms with Crippen LogP contribution >= 0.6 is 0 Å². The number of ether oxygens (including phenoxy) is 1. The Hall–Kier alpha value is -2.06. The minimum Gasteiger partial charge on any atom is -0.569 e. The first-order chi connectivity index (χ1) is 8.95. The summed E-state index contributed by atoms with van der Waals surface area (Å²) in [6, 6.07) is -0.904. The molecule has 0 aromatic carbocycles. The minimum absolute atomic E-state index is 0.0854. The molecule has 0 saturated carbocycles. The van der Waals surface area contributed by atoms with E-state index in [4.69, 9.17) is 9.84 Å². The van der Waals surface area contributed by atoms with Gasteiger partial charge in [-0.2, -0.15) is 0 Å². The van der Waals surface area contributed by atoms with Gasteiger partial charge in [0, 0.05) is 13.3 Å². The van der Waals surface area contributed by atoms with Crippen molar-refractivity contribution >= 4 is 11.9 Å². The van der Waals surface area contributed by atoms with Gasteiger partial charge in [-0.05, 0) is 12.8 Å². The molecule has 0 amide bonds. The van der Waals surface area contributed by atoms with E-state index in [9.17, 15) is 14.8 Å². The maximum absolute atomic E-state index is 11.6. The van der Waals surface area contributed by atoms with Crippen LogP contribution in [0, 0.1) is 5.21 Å². The van der Waals surface area contributed by atoms with Gasteiger partial charge in [0.25, 0.3) is 6.29 Å². The summed E-state index contributed by atoms with van der Waals surface area (Å²) < 4.78 is 4.73. The number of carboxylic acid groups (broad SMARTS) is 1. The highest BCUT2D eigenvalue weighted by Crippen LogP contribution is 2.17. The average Bonchev–Trinajstić information content (AvgIpc) is 2.85. The van der Waals surface area contributed by atoms with Crippen LogP contribution in [0.3, 0.4) is 0 Å². The maximum Gasteiger partial charge on any atom is 0.332 e. The number of rotatable bonds is 6. The summed E-state index contributed by atoms with van der Waals surface area (Å²) >= 11 is 0. The maximum atomic E-state index is 11.6. The molecule has 1 N–H and O–H groups in total. The second-order valence-corrected chi connectivity index (χ2v) is 4.01. The van der Waals surface area contributed by atoms with Crippen LogP contribution in [0.4, 0.5) is 0 Å². The van der Waals surface area contributed by atoms with E-state index in [1.807, 2.05) is 0 Å². The summed E-state index contributed by atoms with van der Waals surface area (Å²) in [5.74, 6) is -1.57. The van der Waals surface area contributed by atoms with Gasteiger partial charge in [-0.25, -0.2) is 4.79 Å². The number of carbonyl (C=O) groups is 2. The standard InChI is InChI=1S/C10H17N3O6/c1-3-9(14)18-7(2)19-11-13(17)12-6-4-5-8(12)10(15)16/h7-8H,3-6H2,1-2H3,(H,15,16)/b13-11-/t7?,8-/m0/s1. The molecule has 0 radical (unpaired) electrons. The largest absolute Gasteiger partial charge is 0.569 e. The van der Waals surface area contributed by atoms with Crippen molar-refractivity contribution in [3.05, 3.63) is 5.21 Å².